The van der Waals surface area contributed by atoms with Gasteiger partial charge in [-0.25, -0.2) is 4.39 Å². The number of halogens is 1. The number of aryl methyl sites for hydroxylation is 1. The Morgan fingerprint density at radius 2 is 1.80 bits per heavy atom. The smallest absolute Gasteiger partial charge is 0.266 e. The highest BCUT2D eigenvalue weighted by Gasteiger charge is 2.16. The van der Waals surface area contributed by atoms with Gasteiger partial charge < -0.3 is 0 Å². The van der Waals surface area contributed by atoms with Gasteiger partial charge in [-0.3, -0.25) is 4.18 Å². The average Bonchev–Trinajstić information content (AvgIpc) is 2.39. The van der Waals surface area contributed by atoms with Crippen LogP contribution in [0, 0.1) is 6.92 Å². The van der Waals surface area contributed by atoms with Crippen molar-refractivity contribution in [3.63, 3.8) is 0 Å². The topological polar surface area (TPSA) is 43.4 Å². The van der Waals surface area contributed by atoms with Crippen LogP contribution in [0.4, 0.5) is 4.39 Å². The first-order valence-corrected chi connectivity index (χ1v) is 8.46. The Labute approximate surface area is 121 Å². The molecule has 0 fully saturated rings. The molecule has 0 saturated heterocycles. The summed E-state index contributed by atoms with van der Waals surface area (Å²) in [6.07, 6.45) is 2.49. The van der Waals surface area contributed by atoms with Crippen molar-refractivity contribution in [3.05, 3.63) is 29.8 Å². The highest BCUT2D eigenvalue weighted by atomic mass is 32.2. The van der Waals surface area contributed by atoms with E-state index in [9.17, 15) is 12.8 Å². The Hall–Kier alpha value is -0.940. The monoisotopic (exact) mass is 302 g/mol. The molecule has 0 bridgehead atoms. The molecule has 1 rings (SSSR count). The summed E-state index contributed by atoms with van der Waals surface area (Å²) < 4.78 is 42.0. The number of unbranched alkanes of at least 4 members (excludes halogenated alkanes) is 2. The van der Waals surface area contributed by atoms with E-state index in [0.29, 0.717) is 6.42 Å². The Bertz CT molecular complexity index is 482. The van der Waals surface area contributed by atoms with Crippen molar-refractivity contribution in [2.24, 2.45) is 0 Å². The summed E-state index contributed by atoms with van der Waals surface area (Å²) in [7, 11) is -3.76. The van der Waals surface area contributed by atoms with E-state index in [1.165, 1.54) is 12.1 Å². The Morgan fingerprint density at radius 1 is 1.15 bits per heavy atom. The van der Waals surface area contributed by atoms with E-state index < -0.39 is 16.3 Å². The molecule has 0 aromatic heterocycles. The molecule has 3 nitrogen and oxygen atoms in total. The lowest BCUT2D eigenvalue weighted by Crippen LogP contribution is -2.11. The number of alkyl halides is 1. The van der Waals surface area contributed by atoms with Crippen LogP contribution in [-0.4, -0.2) is 21.2 Å². The molecule has 1 atom stereocenters. The minimum Gasteiger partial charge on any atom is -0.266 e. The van der Waals surface area contributed by atoms with Gasteiger partial charge in [0.15, 0.2) is 0 Å². The average molecular weight is 302 g/mol. The number of hydrogen-bond donors (Lipinski definition) is 0. The predicted molar refractivity (Wildman–Crippen MR) is 78.0 cm³/mol. The standard InChI is InChI=1S/C15H23FO3S/c1-3-4-5-6-14(16)11-12-19-20(17,18)15-9-7-13(2)8-10-15/h7-10,14H,3-6,11-12H2,1-2H3. The number of rotatable bonds is 9. The van der Waals surface area contributed by atoms with E-state index in [2.05, 4.69) is 6.92 Å². The SMILES string of the molecule is CCCCCC(F)CCOS(=O)(=O)c1ccc(C)cc1. The molecule has 114 valence electrons. The normalized spacial score (nSPS) is 13.3. The van der Waals surface area contributed by atoms with Gasteiger partial charge in [0.1, 0.15) is 6.17 Å². The zero-order valence-corrected chi connectivity index (χ0v) is 13.0. The summed E-state index contributed by atoms with van der Waals surface area (Å²) in [6.45, 7) is 3.83. The first-order valence-electron chi connectivity index (χ1n) is 7.06. The van der Waals surface area contributed by atoms with Crippen molar-refractivity contribution < 1.29 is 17.0 Å². The molecule has 20 heavy (non-hydrogen) atoms. The quantitative estimate of drug-likeness (QED) is 0.511. The lowest BCUT2D eigenvalue weighted by atomic mass is 10.1. The van der Waals surface area contributed by atoms with Crippen molar-refractivity contribution >= 4 is 10.1 Å². The maximum absolute atomic E-state index is 13.5. The van der Waals surface area contributed by atoms with Gasteiger partial charge in [0.05, 0.1) is 11.5 Å². The van der Waals surface area contributed by atoms with Crippen LogP contribution in [0.3, 0.4) is 0 Å². The van der Waals surface area contributed by atoms with Crippen LogP contribution in [0.2, 0.25) is 0 Å². The van der Waals surface area contributed by atoms with Gasteiger partial charge in [0.2, 0.25) is 0 Å². The van der Waals surface area contributed by atoms with Crippen LogP contribution in [0.25, 0.3) is 0 Å². The molecule has 0 amide bonds. The summed E-state index contributed by atoms with van der Waals surface area (Å²) >= 11 is 0. The molecule has 1 aromatic carbocycles. The predicted octanol–water partition coefficient (Wildman–Crippen LogP) is 4.01. The maximum Gasteiger partial charge on any atom is 0.296 e. The van der Waals surface area contributed by atoms with Crippen LogP contribution >= 0.6 is 0 Å². The van der Waals surface area contributed by atoms with Crippen LogP contribution in [0.1, 0.15) is 44.6 Å². The maximum atomic E-state index is 13.5. The minimum absolute atomic E-state index is 0.108. The molecular formula is C15H23FO3S. The second-order valence-corrected chi connectivity index (χ2v) is 6.59. The van der Waals surface area contributed by atoms with E-state index in [1.54, 1.807) is 12.1 Å². The van der Waals surface area contributed by atoms with Gasteiger partial charge in [-0.05, 0) is 25.5 Å². The van der Waals surface area contributed by atoms with E-state index in [1.807, 2.05) is 6.92 Å². The zero-order chi connectivity index (χ0) is 15.0. The molecule has 5 heteroatoms. The van der Waals surface area contributed by atoms with Gasteiger partial charge in [0, 0.05) is 6.42 Å². The molecule has 0 aliphatic rings. The molecular weight excluding hydrogens is 279 g/mol. The van der Waals surface area contributed by atoms with Gasteiger partial charge >= 0.3 is 0 Å². The van der Waals surface area contributed by atoms with E-state index in [-0.39, 0.29) is 17.9 Å². The fourth-order valence-corrected chi connectivity index (χ4v) is 2.74. The summed E-state index contributed by atoms with van der Waals surface area (Å²) in [5.41, 5.74) is 0.976. The molecule has 1 aromatic rings. The molecule has 0 N–H and O–H groups in total. The summed E-state index contributed by atoms with van der Waals surface area (Å²) in [4.78, 5) is 0.115. The lowest BCUT2D eigenvalue weighted by molar-refractivity contribution is 0.226. The van der Waals surface area contributed by atoms with Crippen molar-refractivity contribution in [2.45, 2.75) is 57.0 Å². The molecule has 0 spiro atoms. The molecule has 1 unspecified atom stereocenters. The van der Waals surface area contributed by atoms with Crippen molar-refractivity contribution in [3.8, 4) is 0 Å². The highest BCUT2D eigenvalue weighted by molar-refractivity contribution is 7.86. The zero-order valence-electron chi connectivity index (χ0n) is 12.1. The van der Waals surface area contributed by atoms with Crippen LogP contribution < -0.4 is 0 Å². The van der Waals surface area contributed by atoms with Crippen molar-refractivity contribution in [2.75, 3.05) is 6.61 Å². The summed E-state index contributed by atoms with van der Waals surface area (Å²) in [5.74, 6) is 0. The largest absolute Gasteiger partial charge is 0.296 e. The van der Waals surface area contributed by atoms with Gasteiger partial charge in [-0.2, -0.15) is 8.42 Å². The first-order chi connectivity index (χ1) is 9.45. The second-order valence-electron chi connectivity index (χ2n) is 4.97. The number of hydrogen-bond acceptors (Lipinski definition) is 3. The Kier molecular flexibility index (Phi) is 7.16. The minimum atomic E-state index is -3.76. The van der Waals surface area contributed by atoms with Crippen LogP contribution in [-0.2, 0) is 14.3 Å². The third-order valence-electron chi connectivity index (χ3n) is 3.10. The lowest BCUT2D eigenvalue weighted by Gasteiger charge is -2.09. The van der Waals surface area contributed by atoms with Crippen molar-refractivity contribution in [1.82, 2.24) is 0 Å². The third kappa shape index (κ3) is 6.01. The third-order valence-corrected chi connectivity index (χ3v) is 4.43. The van der Waals surface area contributed by atoms with E-state index in [0.717, 1.165) is 24.8 Å². The molecule has 0 saturated carbocycles. The first kappa shape index (κ1) is 17.1. The number of benzene rings is 1. The van der Waals surface area contributed by atoms with E-state index >= 15 is 0 Å². The fraction of sp³-hybridized carbons (Fsp3) is 0.600. The molecule has 0 aliphatic carbocycles. The summed E-state index contributed by atoms with van der Waals surface area (Å²) in [5, 5.41) is 0. The molecule has 0 radical (unpaired) electrons. The molecule has 0 heterocycles. The van der Waals surface area contributed by atoms with Gasteiger partial charge in [-0.1, -0.05) is 43.9 Å². The molecule has 0 aliphatic heterocycles. The van der Waals surface area contributed by atoms with Crippen LogP contribution in [0.5, 0.6) is 0 Å². The second kappa shape index (κ2) is 8.37. The fourth-order valence-electron chi connectivity index (χ4n) is 1.82. The van der Waals surface area contributed by atoms with Crippen LogP contribution in [0.15, 0.2) is 29.2 Å². The van der Waals surface area contributed by atoms with E-state index in [4.69, 9.17) is 4.18 Å². The van der Waals surface area contributed by atoms with Gasteiger partial charge in [-0.15, -0.1) is 0 Å². The van der Waals surface area contributed by atoms with Gasteiger partial charge in [0.25, 0.3) is 10.1 Å². The highest BCUT2D eigenvalue weighted by Crippen LogP contribution is 2.15. The Balaban J connectivity index is 2.38. The summed E-state index contributed by atoms with van der Waals surface area (Å²) in [6, 6.07) is 6.41. The Morgan fingerprint density at radius 3 is 2.40 bits per heavy atom. The van der Waals surface area contributed by atoms with Crippen molar-refractivity contribution in [1.29, 1.82) is 0 Å².